The molecule has 1 unspecified atom stereocenters. The molecule has 0 saturated heterocycles. The van der Waals surface area contributed by atoms with Crippen LogP contribution in [0, 0.1) is 0 Å². The SMILES string of the molecule is CCC(Nc1cccc(N(C)C)c1)c1cccs1. The summed E-state index contributed by atoms with van der Waals surface area (Å²) >= 11 is 1.81. The number of rotatable bonds is 5. The molecule has 1 atom stereocenters. The zero-order valence-corrected chi connectivity index (χ0v) is 12.0. The average molecular weight is 260 g/mol. The van der Waals surface area contributed by atoms with Crippen LogP contribution in [0.15, 0.2) is 41.8 Å². The Morgan fingerprint density at radius 1 is 1.22 bits per heavy atom. The van der Waals surface area contributed by atoms with E-state index in [2.05, 4.69) is 73.0 Å². The maximum atomic E-state index is 3.61. The van der Waals surface area contributed by atoms with Gasteiger partial charge in [0.25, 0.3) is 0 Å². The minimum atomic E-state index is 0.405. The Bertz CT molecular complexity index is 477. The Balaban J connectivity index is 2.15. The maximum Gasteiger partial charge on any atom is 0.0604 e. The predicted octanol–water partition coefficient (Wildman–Crippen LogP) is 4.38. The van der Waals surface area contributed by atoms with Crippen LogP contribution in [0.25, 0.3) is 0 Å². The van der Waals surface area contributed by atoms with Gasteiger partial charge >= 0.3 is 0 Å². The lowest BCUT2D eigenvalue weighted by molar-refractivity contribution is 0.764. The van der Waals surface area contributed by atoms with Crippen LogP contribution in [0.3, 0.4) is 0 Å². The maximum absolute atomic E-state index is 3.61. The van der Waals surface area contributed by atoms with Crippen molar-refractivity contribution < 1.29 is 0 Å². The van der Waals surface area contributed by atoms with Gasteiger partial charge in [-0.3, -0.25) is 0 Å². The molecular formula is C15H20N2S. The minimum Gasteiger partial charge on any atom is -0.378 e. The minimum absolute atomic E-state index is 0.405. The summed E-state index contributed by atoms with van der Waals surface area (Å²) in [6, 6.07) is 13.3. The second kappa shape index (κ2) is 5.91. The number of nitrogens with zero attached hydrogens (tertiary/aromatic N) is 1. The largest absolute Gasteiger partial charge is 0.378 e. The Morgan fingerprint density at radius 3 is 2.67 bits per heavy atom. The first-order valence-corrected chi connectivity index (χ1v) is 7.16. The second-order valence-corrected chi connectivity index (χ2v) is 5.54. The highest BCUT2D eigenvalue weighted by atomic mass is 32.1. The van der Waals surface area contributed by atoms with Crippen molar-refractivity contribution in [3.63, 3.8) is 0 Å². The molecule has 0 amide bonds. The molecule has 1 aromatic heterocycles. The number of anilines is 2. The number of thiophene rings is 1. The van der Waals surface area contributed by atoms with Crippen molar-refractivity contribution in [3.8, 4) is 0 Å². The summed E-state index contributed by atoms with van der Waals surface area (Å²) in [5.41, 5.74) is 2.41. The summed E-state index contributed by atoms with van der Waals surface area (Å²) in [6.45, 7) is 2.22. The fourth-order valence-corrected chi connectivity index (χ4v) is 2.80. The molecule has 0 radical (unpaired) electrons. The van der Waals surface area contributed by atoms with E-state index in [4.69, 9.17) is 0 Å². The van der Waals surface area contributed by atoms with E-state index in [-0.39, 0.29) is 0 Å². The number of hydrogen-bond acceptors (Lipinski definition) is 3. The quantitative estimate of drug-likeness (QED) is 0.858. The lowest BCUT2D eigenvalue weighted by Gasteiger charge is -2.19. The number of nitrogens with one attached hydrogen (secondary N) is 1. The molecule has 1 heterocycles. The molecule has 96 valence electrons. The molecule has 0 spiro atoms. The highest BCUT2D eigenvalue weighted by Crippen LogP contribution is 2.27. The first-order valence-electron chi connectivity index (χ1n) is 6.28. The van der Waals surface area contributed by atoms with E-state index in [1.165, 1.54) is 16.3 Å². The van der Waals surface area contributed by atoms with Gasteiger partial charge in [0.05, 0.1) is 6.04 Å². The van der Waals surface area contributed by atoms with Crippen LogP contribution in [0.4, 0.5) is 11.4 Å². The fraction of sp³-hybridized carbons (Fsp3) is 0.333. The zero-order chi connectivity index (χ0) is 13.0. The van der Waals surface area contributed by atoms with Gasteiger partial charge in [0.2, 0.25) is 0 Å². The van der Waals surface area contributed by atoms with Gasteiger partial charge < -0.3 is 10.2 Å². The monoisotopic (exact) mass is 260 g/mol. The predicted molar refractivity (Wildman–Crippen MR) is 81.7 cm³/mol. The lowest BCUT2D eigenvalue weighted by Crippen LogP contribution is -2.11. The van der Waals surface area contributed by atoms with Gasteiger partial charge in [-0.25, -0.2) is 0 Å². The Kier molecular flexibility index (Phi) is 4.26. The average Bonchev–Trinajstić information content (AvgIpc) is 2.90. The van der Waals surface area contributed by atoms with Gasteiger partial charge in [-0.1, -0.05) is 19.1 Å². The van der Waals surface area contributed by atoms with Crippen LogP contribution in [0.2, 0.25) is 0 Å². The van der Waals surface area contributed by atoms with Crippen LogP contribution >= 0.6 is 11.3 Å². The molecule has 2 nitrogen and oxygen atoms in total. The number of benzene rings is 1. The molecule has 0 bridgehead atoms. The first kappa shape index (κ1) is 13.0. The van der Waals surface area contributed by atoms with Gasteiger partial charge in [0.1, 0.15) is 0 Å². The van der Waals surface area contributed by atoms with Crippen molar-refractivity contribution in [2.24, 2.45) is 0 Å². The Morgan fingerprint density at radius 2 is 2.06 bits per heavy atom. The topological polar surface area (TPSA) is 15.3 Å². The summed E-state index contributed by atoms with van der Waals surface area (Å²) < 4.78 is 0. The molecule has 2 aromatic rings. The van der Waals surface area contributed by atoms with Crippen molar-refractivity contribution in [2.75, 3.05) is 24.3 Å². The third kappa shape index (κ3) is 3.05. The number of hydrogen-bond donors (Lipinski definition) is 1. The molecule has 2 rings (SSSR count). The first-order chi connectivity index (χ1) is 8.70. The molecule has 0 saturated carbocycles. The van der Waals surface area contributed by atoms with E-state index >= 15 is 0 Å². The van der Waals surface area contributed by atoms with Gasteiger partial charge in [-0.2, -0.15) is 0 Å². The zero-order valence-electron chi connectivity index (χ0n) is 11.2. The lowest BCUT2D eigenvalue weighted by atomic mass is 10.1. The van der Waals surface area contributed by atoms with Crippen LogP contribution in [-0.2, 0) is 0 Å². The van der Waals surface area contributed by atoms with E-state index in [1.54, 1.807) is 0 Å². The van der Waals surface area contributed by atoms with E-state index in [0.717, 1.165) is 6.42 Å². The van der Waals surface area contributed by atoms with Gasteiger partial charge in [0.15, 0.2) is 0 Å². The van der Waals surface area contributed by atoms with Gasteiger partial charge in [-0.05, 0) is 36.1 Å². The van der Waals surface area contributed by atoms with E-state index in [1.807, 2.05) is 11.3 Å². The standard InChI is InChI=1S/C15H20N2S/c1-4-14(15-9-6-10-18-15)16-12-7-5-8-13(11-12)17(2)3/h5-11,14,16H,4H2,1-3H3. The van der Waals surface area contributed by atoms with Crippen molar-refractivity contribution in [1.29, 1.82) is 0 Å². The smallest absolute Gasteiger partial charge is 0.0604 e. The molecular weight excluding hydrogens is 240 g/mol. The highest BCUT2D eigenvalue weighted by molar-refractivity contribution is 7.10. The van der Waals surface area contributed by atoms with Crippen LogP contribution in [0.5, 0.6) is 0 Å². The summed E-state index contributed by atoms with van der Waals surface area (Å²) in [6.07, 6.45) is 1.09. The Labute approximate surface area is 113 Å². The Hall–Kier alpha value is -1.48. The summed E-state index contributed by atoms with van der Waals surface area (Å²) in [7, 11) is 4.13. The molecule has 1 aromatic carbocycles. The van der Waals surface area contributed by atoms with Crippen molar-refractivity contribution in [2.45, 2.75) is 19.4 Å². The molecule has 0 fully saturated rings. The highest BCUT2D eigenvalue weighted by Gasteiger charge is 2.10. The van der Waals surface area contributed by atoms with Crippen LogP contribution in [0.1, 0.15) is 24.3 Å². The van der Waals surface area contributed by atoms with Gasteiger partial charge in [-0.15, -0.1) is 11.3 Å². The molecule has 18 heavy (non-hydrogen) atoms. The second-order valence-electron chi connectivity index (χ2n) is 4.57. The molecule has 3 heteroatoms. The van der Waals surface area contributed by atoms with Crippen molar-refractivity contribution >= 4 is 22.7 Å². The normalized spacial score (nSPS) is 12.2. The summed E-state index contributed by atoms with van der Waals surface area (Å²) in [4.78, 5) is 3.52. The van der Waals surface area contributed by atoms with E-state index in [9.17, 15) is 0 Å². The third-order valence-electron chi connectivity index (χ3n) is 3.00. The van der Waals surface area contributed by atoms with E-state index in [0.29, 0.717) is 6.04 Å². The summed E-state index contributed by atoms with van der Waals surface area (Å²) in [5, 5.41) is 5.74. The third-order valence-corrected chi connectivity index (χ3v) is 3.98. The van der Waals surface area contributed by atoms with Crippen molar-refractivity contribution in [3.05, 3.63) is 46.7 Å². The molecule has 0 aliphatic rings. The molecule has 1 N–H and O–H groups in total. The fourth-order valence-electron chi connectivity index (χ4n) is 1.94. The molecule has 0 aliphatic carbocycles. The van der Waals surface area contributed by atoms with Crippen LogP contribution < -0.4 is 10.2 Å². The van der Waals surface area contributed by atoms with Crippen molar-refractivity contribution in [1.82, 2.24) is 0 Å². The van der Waals surface area contributed by atoms with Crippen LogP contribution in [-0.4, -0.2) is 14.1 Å². The summed E-state index contributed by atoms with van der Waals surface area (Å²) in [5.74, 6) is 0. The van der Waals surface area contributed by atoms with E-state index < -0.39 is 0 Å². The van der Waals surface area contributed by atoms with Gasteiger partial charge in [0, 0.05) is 30.3 Å². The molecule has 0 aliphatic heterocycles.